The van der Waals surface area contributed by atoms with Gasteiger partial charge in [0.15, 0.2) is 0 Å². The van der Waals surface area contributed by atoms with Gasteiger partial charge in [-0.25, -0.2) is 0 Å². The first-order valence-corrected chi connectivity index (χ1v) is 7.79. The van der Waals surface area contributed by atoms with Crippen molar-refractivity contribution in [2.24, 2.45) is 5.92 Å². The van der Waals surface area contributed by atoms with Crippen LogP contribution in [-0.4, -0.2) is 28.3 Å². The van der Waals surface area contributed by atoms with Gasteiger partial charge in [0, 0.05) is 28.3 Å². The summed E-state index contributed by atoms with van der Waals surface area (Å²) in [5.41, 5.74) is 0. The van der Waals surface area contributed by atoms with Gasteiger partial charge >= 0.3 is 0 Å². The van der Waals surface area contributed by atoms with Crippen LogP contribution in [0.4, 0.5) is 0 Å². The quantitative estimate of drug-likeness (QED) is 0.760. The van der Waals surface area contributed by atoms with E-state index in [0.717, 1.165) is 18.9 Å². The number of nitrogens with one attached hydrogen (secondary N) is 1. The van der Waals surface area contributed by atoms with Gasteiger partial charge in [-0.2, -0.15) is 0 Å². The Hall–Kier alpha value is 0.110. The molecular weight excluding hydrogens is 206 g/mol. The molecule has 1 saturated carbocycles. The third-order valence-corrected chi connectivity index (χ3v) is 5.06. The van der Waals surface area contributed by atoms with Crippen LogP contribution >= 0.6 is 0 Å². The highest BCUT2D eigenvalue weighted by atomic mass is 32.2. The molecule has 3 unspecified atom stereocenters. The van der Waals surface area contributed by atoms with Gasteiger partial charge in [-0.05, 0) is 38.6 Å². The van der Waals surface area contributed by atoms with E-state index in [0.29, 0.717) is 11.3 Å². The molecule has 1 rings (SSSR count). The van der Waals surface area contributed by atoms with Crippen molar-refractivity contribution in [1.82, 2.24) is 5.32 Å². The first kappa shape index (κ1) is 13.2. The van der Waals surface area contributed by atoms with E-state index >= 15 is 0 Å². The molecule has 0 aromatic rings. The third-order valence-electron chi connectivity index (χ3n) is 3.69. The molecule has 0 bridgehead atoms. The van der Waals surface area contributed by atoms with Crippen LogP contribution in [0.15, 0.2) is 0 Å². The van der Waals surface area contributed by atoms with E-state index in [2.05, 4.69) is 19.2 Å². The summed E-state index contributed by atoms with van der Waals surface area (Å²) >= 11 is 0. The Morgan fingerprint density at radius 3 is 2.47 bits per heavy atom. The molecular formula is C12H25NOS. The molecule has 3 atom stereocenters. The Morgan fingerprint density at radius 2 is 1.93 bits per heavy atom. The van der Waals surface area contributed by atoms with E-state index in [1.165, 1.54) is 25.7 Å². The normalized spacial score (nSPS) is 23.9. The van der Waals surface area contributed by atoms with E-state index in [1.54, 1.807) is 6.26 Å². The average molecular weight is 231 g/mol. The minimum atomic E-state index is -0.667. The van der Waals surface area contributed by atoms with Crippen molar-refractivity contribution in [2.45, 2.75) is 57.2 Å². The zero-order chi connectivity index (χ0) is 11.3. The molecule has 0 aromatic heterocycles. The van der Waals surface area contributed by atoms with E-state index < -0.39 is 10.8 Å². The van der Waals surface area contributed by atoms with Crippen LogP contribution in [0.5, 0.6) is 0 Å². The Morgan fingerprint density at radius 1 is 1.33 bits per heavy atom. The predicted molar refractivity (Wildman–Crippen MR) is 67.6 cm³/mol. The summed E-state index contributed by atoms with van der Waals surface area (Å²) in [4.78, 5) is 0. The predicted octanol–water partition coefficient (Wildman–Crippen LogP) is 2.31. The van der Waals surface area contributed by atoms with Gasteiger partial charge in [0.1, 0.15) is 0 Å². The van der Waals surface area contributed by atoms with Crippen LogP contribution in [-0.2, 0) is 10.8 Å². The van der Waals surface area contributed by atoms with Gasteiger partial charge in [0.05, 0.1) is 0 Å². The standard InChI is InChI=1S/C12H25NOS/c1-10(15(3)14)8-9-13-11(2)12-6-4-5-7-12/h10-13H,4-9H2,1-3H3. The largest absolute Gasteiger partial charge is 0.314 e. The van der Waals surface area contributed by atoms with Crippen molar-refractivity contribution >= 4 is 10.8 Å². The SMILES string of the molecule is CC(NCCC(C)S(C)=O)C1CCCC1. The van der Waals surface area contributed by atoms with Gasteiger partial charge in [0.25, 0.3) is 0 Å². The van der Waals surface area contributed by atoms with E-state index in [4.69, 9.17) is 0 Å². The maximum atomic E-state index is 11.2. The van der Waals surface area contributed by atoms with Crippen LogP contribution in [0.2, 0.25) is 0 Å². The second kappa shape index (κ2) is 6.64. The van der Waals surface area contributed by atoms with Gasteiger partial charge in [-0.15, -0.1) is 0 Å². The zero-order valence-corrected chi connectivity index (χ0v) is 11.1. The van der Waals surface area contributed by atoms with Crippen LogP contribution < -0.4 is 5.32 Å². The maximum absolute atomic E-state index is 11.2. The molecule has 2 nitrogen and oxygen atoms in total. The monoisotopic (exact) mass is 231 g/mol. The minimum absolute atomic E-state index is 0.327. The lowest BCUT2D eigenvalue weighted by atomic mass is 10.00. The van der Waals surface area contributed by atoms with Crippen LogP contribution in [0, 0.1) is 5.92 Å². The van der Waals surface area contributed by atoms with Crippen molar-refractivity contribution in [1.29, 1.82) is 0 Å². The fraction of sp³-hybridized carbons (Fsp3) is 1.00. The molecule has 90 valence electrons. The summed E-state index contributed by atoms with van der Waals surface area (Å²) in [5, 5.41) is 3.90. The van der Waals surface area contributed by atoms with Crippen molar-refractivity contribution in [3.63, 3.8) is 0 Å². The molecule has 1 aliphatic carbocycles. The smallest absolute Gasteiger partial charge is 0.0329 e. The van der Waals surface area contributed by atoms with Gasteiger partial charge in [0.2, 0.25) is 0 Å². The number of hydrogen-bond acceptors (Lipinski definition) is 2. The molecule has 0 aromatic carbocycles. The molecule has 0 spiro atoms. The zero-order valence-electron chi connectivity index (χ0n) is 10.3. The van der Waals surface area contributed by atoms with Gasteiger partial charge in [-0.3, -0.25) is 4.21 Å². The van der Waals surface area contributed by atoms with E-state index in [9.17, 15) is 4.21 Å². The third kappa shape index (κ3) is 4.64. The van der Waals surface area contributed by atoms with E-state index in [-0.39, 0.29) is 0 Å². The van der Waals surface area contributed by atoms with Crippen LogP contribution in [0.1, 0.15) is 46.0 Å². The lowest BCUT2D eigenvalue weighted by molar-refractivity contribution is 0.380. The summed E-state index contributed by atoms with van der Waals surface area (Å²) in [6.45, 7) is 5.38. The Kier molecular flexibility index (Phi) is 5.83. The highest BCUT2D eigenvalue weighted by molar-refractivity contribution is 7.84. The molecule has 0 radical (unpaired) electrons. The summed E-state index contributed by atoms with van der Waals surface area (Å²) in [5.74, 6) is 0.882. The lowest BCUT2D eigenvalue weighted by Gasteiger charge is -2.21. The molecule has 1 N–H and O–H groups in total. The van der Waals surface area contributed by atoms with Gasteiger partial charge < -0.3 is 5.32 Å². The summed E-state index contributed by atoms with van der Waals surface area (Å²) in [6.07, 6.45) is 8.43. The van der Waals surface area contributed by atoms with Crippen molar-refractivity contribution in [3.8, 4) is 0 Å². The highest BCUT2D eigenvalue weighted by Gasteiger charge is 2.20. The van der Waals surface area contributed by atoms with Crippen molar-refractivity contribution < 1.29 is 4.21 Å². The number of hydrogen-bond donors (Lipinski definition) is 1. The molecule has 0 aliphatic heterocycles. The van der Waals surface area contributed by atoms with Gasteiger partial charge in [-0.1, -0.05) is 19.8 Å². The summed E-state index contributed by atoms with van der Waals surface area (Å²) in [6, 6.07) is 0.644. The van der Waals surface area contributed by atoms with Crippen molar-refractivity contribution in [3.05, 3.63) is 0 Å². The average Bonchev–Trinajstić information content (AvgIpc) is 2.70. The second-order valence-corrected chi connectivity index (χ2v) is 6.69. The molecule has 0 amide bonds. The lowest BCUT2D eigenvalue weighted by Crippen LogP contribution is -2.34. The first-order chi connectivity index (χ1) is 7.11. The molecule has 3 heteroatoms. The van der Waals surface area contributed by atoms with Crippen LogP contribution in [0.25, 0.3) is 0 Å². The van der Waals surface area contributed by atoms with Crippen LogP contribution in [0.3, 0.4) is 0 Å². The Balaban J connectivity index is 2.11. The molecule has 1 fully saturated rings. The Bertz CT molecular complexity index is 202. The maximum Gasteiger partial charge on any atom is 0.0329 e. The minimum Gasteiger partial charge on any atom is -0.314 e. The second-order valence-electron chi connectivity index (χ2n) is 4.89. The molecule has 0 heterocycles. The first-order valence-electron chi connectivity index (χ1n) is 6.17. The molecule has 1 aliphatic rings. The summed E-state index contributed by atoms with van der Waals surface area (Å²) in [7, 11) is -0.667. The Labute approximate surface area is 96.7 Å². The molecule has 0 saturated heterocycles. The number of rotatable bonds is 6. The summed E-state index contributed by atoms with van der Waals surface area (Å²) < 4.78 is 11.2. The fourth-order valence-electron chi connectivity index (χ4n) is 2.30. The molecule has 15 heavy (non-hydrogen) atoms. The topological polar surface area (TPSA) is 29.1 Å². The highest BCUT2D eigenvalue weighted by Crippen LogP contribution is 2.27. The van der Waals surface area contributed by atoms with E-state index in [1.807, 2.05) is 0 Å². The van der Waals surface area contributed by atoms with Crippen molar-refractivity contribution in [2.75, 3.05) is 12.8 Å². The fourth-order valence-corrected chi connectivity index (χ4v) is 2.75.